The van der Waals surface area contributed by atoms with Gasteiger partial charge in [0.05, 0.1) is 11.5 Å². The summed E-state index contributed by atoms with van der Waals surface area (Å²) in [6.45, 7) is 13.1. The molecule has 0 aliphatic heterocycles. The van der Waals surface area contributed by atoms with Gasteiger partial charge in [-0.2, -0.15) is 0 Å². The van der Waals surface area contributed by atoms with E-state index in [1.54, 1.807) is 0 Å². The third-order valence-electron chi connectivity index (χ3n) is 5.31. The molecule has 1 rings (SSSR count). The van der Waals surface area contributed by atoms with E-state index in [-0.39, 0.29) is 11.0 Å². The summed E-state index contributed by atoms with van der Waals surface area (Å²) < 4.78 is 6.70. The Hall–Kier alpha value is -0.353. The fourth-order valence-corrected chi connectivity index (χ4v) is 4.77. The Bertz CT molecular complexity index is 338. The highest BCUT2D eigenvalue weighted by Crippen LogP contribution is 2.46. The largest absolute Gasteiger partial charge is 0.481 e. The molecule has 0 heterocycles. The van der Waals surface area contributed by atoms with Crippen LogP contribution in [0.4, 0.5) is 0 Å². The molecule has 0 aromatic heterocycles. The van der Waals surface area contributed by atoms with E-state index in [2.05, 4.69) is 33.9 Å². The lowest BCUT2D eigenvalue weighted by molar-refractivity contribution is -0.153. The van der Waals surface area contributed by atoms with Gasteiger partial charge in [0, 0.05) is 0 Å². The van der Waals surface area contributed by atoms with E-state index in [1.165, 1.54) is 6.42 Å². The van der Waals surface area contributed by atoms with Gasteiger partial charge in [-0.1, -0.05) is 47.0 Å². The summed E-state index contributed by atoms with van der Waals surface area (Å²) in [6, 6.07) is 0. The second-order valence-electron chi connectivity index (χ2n) is 7.79. The maximum absolute atomic E-state index is 11.7. The van der Waals surface area contributed by atoms with Gasteiger partial charge in [0.2, 0.25) is 0 Å². The zero-order valence-corrected chi connectivity index (χ0v) is 15.1. The van der Waals surface area contributed by atoms with Crippen molar-refractivity contribution < 1.29 is 14.3 Å². The van der Waals surface area contributed by atoms with Crippen molar-refractivity contribution in [2.24, 2.45) is 5.92 Å². The van der Waals surface area contributed by atoms with Crippen molar-refractivity contribution in [2.75, 3.05) is 0 Å². The summed E-state index contributed by atoms with van der Waals surface area (Å²) in [4.78, 5) is 11.7. The predicted octanol–water partition coefficient (Wildman–Crippen LogP) is 4.82. The van der Waals surface area contributed by atoms with Gasteiger partial charge in [0.25, 0.3) is 0 Å². The van der Waals surface area contributed by atoms with Gasteiger partial charge in [0.15, 0.2) is 8.32 Å². The molecule has 0 aromatic carbocycles. The maximum Gasteiger partial charge on any atom is 0.309 e. The molecule has 0 bridgehead atoms. The zero-order chi connectivity index (χ0) is 15.6. The number of carbonyl (C=O) groups is 1. The summed E-state index contributed by atoms with van der Waals surface area (Å²) in [7, 11) is -1.95. The van der Waals surface area contributed by atoms with Crippen LogP contribution in [0.2, 0.25) is 18.1 Å². The van der Waals surface area contributed by atoms with Gasteiger partial charge in [-0.05, 0) is 37.4 Å². The van der Waals surface area contributed by atoms with Gasteiger partial charge in [-0.3, -0.25) is 4.79 Å². The van der Waals surface area contributed by atoms with E-state index < -0.39 is 19.9 Å². The molecule has 1 unspecified atom stereocenters. The summed E-state index contributed by atoms with van der Waals surface area (Å²) in [5.74, 6) is -1.05. The molecule has 1 fully saturated rings. The van der Waals surface area contributed by atoms with Gasteiger partial charge >= 0.3 is 5.97 Å². The molecular weight excluding hydrogens is 268 g/mol. The molecule has 1 saturated carbocycles. The second-order valence-corrected chi connectivity index (χ2v) is 12.5. The van der Waals surface area contributed by atoms with Crippen molar-refractivity contribution in [3.63, 3.8) is 0 Å². The van der Waals surface area contributed by atoms with Crippen molar-refractivity contribution in [1.29, 1.82) is 0 Å². The maximum atomic E-state index is 11.7. The molecule has 0 spiro atoms. The zero-order valence-electron chi connectivity index (χ0n) is 14.1. The number of carboxylic acid groups (broad SMARTS) is 1. The topological polar surface area (TPSA) is 46.5 Å². The van der Waals surface area contributed by atoms with Crippen molar-refractivity contribution in [1.82, 2.24) is 0 Å². The summed E-state index contributed by atoms with van der Waals surface area (Å²) in [5.41, 5.74) is -0.429. The molecule has 1 atom stereocenters. The molecule has 1 N–H and O–H groups in total. The third kappa shape index (κ3) is 3.64. The predicted molar refractivity (Wildman–Crippen MR) is 85.5 cm³/mol. The van der Waals surface area contributed by atoms with Crippen LogP contribution < -0.4 is 0 Å². The number of rotatable bonds is 5. The SMILES string of the molecule is CCC(C(=O)O)C1(O[Si](C)(C)C(C)(C)C)CCCCC1. The quantitative estimate of drug-likeness (QED) is 0.740. The monoisotopic (exact) mass is 300 g/mol. The van der Waals surface area contributed by atoms with E-state index in [4.69, 9.17) is 4.43 Å². The Morgan fingerprint density at radius 3 is 2.10 bits per heavy atom. The smallest absolute Gasteiger partial charge is 0.309 e. The van der Waals surface area contributed by atoms with Crippen molar-refractivity contribution in [2.45, 2.75) is 90.0 Å². The van der Waals surface area contributed by atoms with Crippen LogP contribution in [0.5, 0.6) is 0 Å². The van der Waals surface area contributed by atoms with Crippen LogP contribution in [-0.4, -0.2) is 25.0 Å². The first kappa shape index (κ1) is 17.7. The summed E-state index contributed by atoms with van der Waals surface area (Å²) in [6.07, 6.45) is 5.87. The first-order valence-corrected chi connectivity index (χ1v) is 10.9. The van der Waals surface area contributed by atoms with Crippen molar-refractivity contribution >= 4 is 14.3 Å². The molecule has 1 aliphatic rings. The Kier molecular flexibility index (Phi) is 5.47. The Morgan fingerprint density at radius 2 is 1.75 bits per heavy atom. The van der Waals surface area contributed by atoms with E-state index >= 15 is 0 Å². The van der Waals surface area contributed by atoms with Crippen LogP contribution in [0.25, 0.3) is 0 Å². The first-order chi connectivity index (χ1) is 9.06. The summed E-state index contributed by atoms with van der Waals surface area (Å²) in [5, 5.41) is 9.75. The normalized spacial score (nSPS) is 21.5. The second kappa shape index (κ2) is 6.18. The van der Waals surface area contributed by atoms with E-state index in [1.807, 2.05) is 6.92 Å². The first-order valence-electron chi connectivity index (χ1n) is 7.99. The van der Waals surface area contributed by atoms with Gasteiger partial charge < -0.3 is 9.53 Å². The third-order valence-corrected chi connectivity index (χ3v) is 9.84. The molecule has 4 heteroatoms. The Morgan fingerprint density at radius 1 is 1.25 bits per heavy atom. The molecule has 0 radical (unpaired) electrons. The summed E-state index contributed by atoms with van der Waals surface area (Å²) >= 11 is 0. The standard InChI is InChI=1S/C16H32O3Si/c1-7-13(14(17)18)16(11-9-8-10-12-16)19-20(5,6)15(2,3)4/h13H,7-12H2,1-6H3,(H,17,18). The van der Waals surface area contributed by atoms with Gasteiger partial charge in [-0.25, -0.2) is 0 Å². The van der Waals surface area contributed by atoms with Crippen LogP contribution in [-0.2, 0) is 9.22 Å². The Labute approximate surface area is 125 Å². The molecule has 118 valence electrons. The van der Waals surface area contributed by atoms with Gasteiger partial charge in [-0.15, -0.1) is 0 Å². The molecule has 0 saturated heterocycles. The minimum atomic E-state index is -1.95. The van der Waals surface area contributed by atoms with Crippen LogP contribution in [0.3, 0.4) is 0 Å². The minimum Gasteiger partial charge on any atom is -0.481 e. The van der Waals surface area contributed by atoms with Gasteiger partial charge in [0.1, 0.15) is 0 Å². The lowest BCUT2D eigenvalue weighted by Crippen LogP contribution is -2.55. The average molecular weight is 301 g/mol. The van der Waals surface area contributed by atoms with Crippen molar-refractivity contribution in [3.8, 4) is 0 Å². The average Bonchev–Trinajstić information content (AvgIpc) is 2.27. The highest BCUT2D eigenvalue weighted by atomic mass is 28.4. The van der Waals surface area contributed by atoms with E-state index in [0.717, 1.165) is 25.7 Å². The van der Waals surface area contributed by atoms with Crippen LogP contribution >= 0.6 is 0 Å². The van der Waals surface area contributed by atoms with E-state index in [9.17, 15) is 9.90 Å². The molecule has 0 aromatic rings. The highest BCUT2D eigenvalue weighted by molar-refractivity contribution is 6.74. The molecule has 1 aliphatic carbocycles. The lowest BCUT2D eigenvalue weighted by atomic mass is 9.74. The van der Waals surface area contributed by atoms with E-state index in [0.29, 0.717) is 6.42 Å². The van der Waals surface area contributed by atoms with Crippen molar-refractivity contribution in [3.05, 3.63) is 0 Å². The number of hydrogen-bond donors (Lipinski definition) is 1. The molecule has 0 amide bonds. The fourth-order valence-electron chi connectivity index (χ4n) is 3.10. The van der Waals surface area contributed by atoms with Crippen LogP contribution in [0.15, 0.2) is 0 Å². The Balaban J connectivity index is 3.09. The number of hydrogen-bond acceptors (Lipinski definition) is 2. The highest BCUT2D eigenvalue weighted by Gasteiger charge is 2.50. The van der Waals surface area contributed by atoms with Crippen LogP contribution in [0, 0.1) is 5.92 Å². The van der Waals surface area contributed by atoms with Crippen LogP contribution in [0.1, 0.15) is 66.2 Å². The fraction of sp³-hybridized carbons (Fsp3) is 0.938. The molecule has 20 heavy (non-hydrogen) atoms. The lowest BCUT2D eigenvalue weighted by Gasteiger charge is -2.49. The number of aliphatic carboxylic acids is 1. The minimum absolute atomic E-state index is 0.119. The molecule has 3 nitrogen and oxygen atoms in total. The number of carboxylic acids is 1. The molecular formula is C16H32O3Si.